The molecule has 2 aromatic rings. The number of nitrogens with one attached hydrogen (secondary N) is 2. The molecule has 0 atom stereocenters. The fourth-order valence-corrected chi connectivity index (χ4v) is 2.22. The molecule has 0 fully saturated rings. The quantitative estimate of drug-likeness (QED) is 0.619. The first-order chi connectivity index (χ1) is 9.55. The van der Waals surface area contributed by atoms with E-state index in [2.05, 4.69) is 15.3 Å². The number of H-pyrrole nitrogens is 1. The van der Waals surface area contributed by atoms with Gasteiger partial charge in [-0.1, -0.05) is 13.8 Å². The summed E-state index contributed by atoms with van der Waals surface area (Å²) in [5, 5.41) is 13.4. The van der Waals surface area contributed by atoms with E-state index in [0.717, 1.165) is 12.8 Å². The highest BCUT2D eigenvalue weighted by Gasteiger charge is 2.25. The van der Waals surface area contributed by atoms with E-state index in [9.17, 15) is 9.90 Å². The van der Waals surface area contributed by atoms with Crippen LogP contribution in [0.3, 0.4) is 0 Å². The lowest BCUT2D eigenvalue weighted by Gasteiger charge is -2.32. The minimum Gasteiger partial charge on any atom is -0.397 e. The Morgan fingerprint density at radius 3 is 2.70 bits per heavy atom. The topological polar surface area (TPSA) is 104 Å². The molecule has 0 aliphatic carbocycles. The van der Waals surface area contributed by atoms with E-state index in [1.54, 1.807) is 12.1 Å². The summed E-state index contributed by atoms with van der Waals surface area (Å²) in [6.45, 7) is 4.03. The second-order valence-electron chi connectivity index (χ2n) is 4.96. The molecule has 0 saturated heterocycles. The Morgan fingerprint density at radius 2 is 2.10 bits per heavy atom. The summed E-state index contributed by atoms with van der Waals surface area (Å²) in [6, 6.07) is 3.35. The minimum atomic E-state index is -0.414. The highest BCUT2D eigenvalue weighted by Crippen LogP contribution is 2.28. The Hall–Kier alpha value is -2.08. The van der Waals surface area contributed by atoms with E-state index in [0.29, 0.717) is 22.3 Å². The summed E-state index contributed by atoms with van der Waals surface area (Å²) in [5.41, 5.74) is 7.10. The van der Waals surface area contributed by atoms with Gasteiger partial charge in [-0.15, -0.1) is 0 Å². The van der Waals surface area contributed by atoms with Crippen LogP contribution in [0.1, 0.15) is 26.7 Å². The van der Waals surface area contributed by atoms with Crippen LogP contribution in [0, 0.1) is 0 Å². The fourth-order valence-electron chi connectivity index (χ4n) is 2.22. The average molecular weight is 276 g/mol. The molecule has 0 radical (unpaired) electrons. The van der Waals surface area contributed by atoms with Gasteiger partial charge in [-0.3, -0.25) is 4.79 Å². The van der Waals surface area contributed by atoms with Gasteiger partial charge in [-0.05, 0) is 25.0 Å². The number of nitrogen functional groups attached to an aromatic ring is 1. The fraction of sp³-hybridized carbons (Fsp3) is 0.429. The maximum atomic E-state index is 11.7. The molecule has 1 aromatic carbocycles. The number of aromatic amines is 1. The molecule has 1 aromatic heterocycles. The maximum absolute atomic E-state index is 11.7. The number of hydrogen-bond donors (Lipinski definition) is 4. The Morgan fingerprint density at radius 1 is 1.40 bits per heavy atom. The van der Waals surface area contributed by atoms with E-state index in [1.165, 1.54) is 6.33 Å². The summed E-state index contributed by atoms with van der Waals surface area (Å²) < 4.78 is 0. The van der Waals surface area contributed by atoms with E-state index in [4.69, 9.17) is 5.73 Å². The van der Waals surface area contributed by atoms with Gasteiger partial charge in [-0.25, -0.2) is 4.98 Å². The molecule has 0 unspecified atom stereocenters. The molecule has 108 valence electrons. The lowest BCUT2D eigenvalue weighted by molar-refractivity contribution is 0.202. The number of benzene rings is 1. The van der Waals surface area contributed by atoms with Gasteiger partial charge in [0.15, 0.2) is 0 Å². The van der Waals surface area contributed by atoms with Gasteiger partial charge in [-0.2, -0.15) is 0 Å². The van der Waals surface area contributed by atoms with Crippen molar-refractivity contribution in [2.24, 2.45) is 0 Å². The summed E-state index contributed by atoms with van der Waals surface area (Å²) >= 11 is 0. The van der Waals surface area contributed by atoms with Crippen LogP contribution in [-0.4, -0.2) is 27.2 Å². The summed E-state index contributed by atoms with van der Waals surface area (Å²) in [4.78, 5) is 18.3. The van der Waals surface area contributed by atoms with Crippen molar-refractivity contribution in [2.45, 2.75) is 32.2 Å². The van der Waals surface area contributed by atoms with Crippen LogP contribution < -0.4 is 16.6 Å². The molecular weight excluding hydrogens is 256 g/mol. The lowest BCUT2D eigenvalue weighted by atomic mass is 9.93. The van der Waals surface area contributed by atoms with Crippen molar-refractivity contribution >= 4 is 22.3 Å². The maximum Gasteiger partial charge on any atom is 0.258 e. The van der Waals surface area contributed by atoms with Crippen LogP contribution in [0.5, 0.6) is 0 Å². The van der Waals surface area contributed by atoms with Crippen LogP contribution in [0.25, 0.3) is 10.9 Å². The third kappa shape index (κ3) is 2.46. The number of hydrogen-bond acceptors (Lipinski definition) is 5. The van der Waals surface area contributed by atoms with E-state index >= 15 is 0 Å². The first-order valence-corrected chi connectivity index (χ1v) is 6.71. The number of nitrogens with two attached hydrogens (primary N) is 1. The number of aliphatic hydroxyl groups is 1. The smallest absolute Gasteiger partial charge is 0.258 e. The number of fused-ring (bicyclic) bond motifs is 1. The van der Waals surface area contributed by atoms with Crippen molar-refractivity contribution in [3.8, 4) is 0 Å². The van der Waals surface area contributed by atoms with Gasteiger partial charge in [0.1, 0.15) is 0 Å². The molecule has 0 amide bonds. The van der Waals surface area contributed by atoms with Crippen LogP contribution >= 0.6 is 0 Å². The van der Waals surface area contributed by atoms with Crippen molar-refractivity contribution in [3.63, 3.8) is 0 Å². The lowest BCUT2D eigenvalue weighted by Crippen LogP contribution is -2.41. The Bertz CT molecular complexity index is 653. The van der Waals surface area contributed by atoms with Gasteiger partial charge < -0.3 is 21.1 Å². The zero-order valence-electron chi connectivity index (χ0n) is 11.7. The zero-order valence-corrected chi connectivity index (χ0v) is 11.7. The number of anilines is 2. The number of aromatic nitrogens is 2. The first kappa shape index (κ1) is 14.3. The Kier molecular flexibility index (Phi) is 3.94. The molecule has 0 aliphatic rings. The van der Waals surface area contributed by atoms with Crippen molar-refractivity contribution in [3.05, 3.63) is 28.8 Å². The molecule has 0 bridgehead atoms. The van der Waals surface area contributed by atoms with Crippen molar-refractivity contribution in [1.82, 2.24) is 9.97 Å². The predicted molar refractivity (Wildman–Crippen MR) is 80.8 cm³/mol. The molecule has 0 spiro atoms. The third-order valence-corrected chi connectivity index (χ3v) is 3.87. The first-order valence-electron chi connectivity index (χ1n) is 6.71. The highest BCUT2D eigenvalue weighted by molar-refractivity contribution is 5.88. The highest BCUT2D eigenvalue weighted by atomic mass is 16.3. The molecule has 0 saturated carbocycles. The molecule has 6 heteroatoms. The minimum absolute atomic E-state index is 0.0142. The van der Waals surface area contributed by atoms with Gasteiger partial charge >= 0.3 is 0 Å². The van der Waals surface area contributed by atoms with E-state index in [-0.39, 0.29) is 12.2 Å². The normalized spacial score (nSPS) is 11.8. The van der Waals surface area contributed by atoms with Gasteiger partial charge in [0, 0.05) is 0 Å². The van der Waals surface area contributed by atoms with Gasteiger partial charge in [0.2, 0.25) is 0 Å². The number of rotatable bonds is 5. The van der Waals surface area contributed by atoms with Gasteiger partial charge in [0.25, 0.3) is 5.56 Å². The Labute approximate surface area is 117 Å². The predicted octanol–water partition coefficient (Wildman–Crippen LogP) is 1.47. The SMILES string of the molecule is CCC(CC)(CO)Nc1cc2nc[nH]c(=O)c2cc1N. The van der Waals surface area contributed by atoms with Crippen LogP contribution in [0.4, 0.5) is 11.4 Å². The van der Waals surface area contributed by atoms with Crippen LogP contribution in [-0.2, 0) is 0 Å². The summed E-state index contributed by atoms with van der Waals surface area (Å²) in [6.07, 6.45) is 2.89. The monoisotopic (exact) mass is 276 g/mol. The standard InChI is InChI=1S/C14H20N4O2/c1-3-14(4-2,7-19)18-12-6-11-9(5-10(12)15)13(20)17-8-16-11/h5-6,8,18-19H,3-4,7,15H2,1-2H3,(H,16,17,20). The molecular formula is C14H20N4O2. The number of aliphatic hydroxyl groups excluding tert-OH is 1. The average Bonchev–Trinajstić information content (AvgIpc) is 2.47. The summed E-state index contributed by atoms with van der Waals surface area (Å²) in [7, 11) is 0. The van der Waals surface area contributed by atoms with Crippen molar-refractivity contribution in [2.75, 3.05) is 17.7 Å². The molecule has 20 heavy (non-hydrogen) atoms. The van der Waals surface area contributed by atoms with Crippen LogP contribution in [0.2, 0.25) is 0 Å². The third-order valence-electron chi connectivity index (χ3n) is 3.87. The van der Waals surface area contributed by atoms with Crippen LogP contribution in [0.15, 0.2) is 23.3 Å². The van der Waals surface area contributed by atoms with Crippen molar-refractivity contribution < 1.29 is 5.11 Å². The molecule has 0 aliphatic heterocycles. The second-order valence-corrected chi connectivity index (χ2v) is 4.96. The summed E-state index contributed by atoms with van der Waals surface area (Å²) in [5.74, 6) is 0. The molecule has 5 N–H and O–H groups in total. The molecule has 2 rings (SSSR count). The zero-order chi connectivity index (χ0) is 14.8. The van der Waals surface area contributed by atoms with E-state index in [1.807, 2.05) is 13.8 Å². The second kappa shape index (κ2) is 5.50. The Balaban J connectivity index is 2.50. The van der Waals surface area contributed by atoms with E-state index < -0.39 is 5.54 Å². The van der Waals surface area contributed by atoms with Gasteiger partial charge in [0.05, 0.1) is 40.8 Å². The molecule has 6 nitrogen and oxygen atoms in total. The molecule has 1 heterocycles. The van der Waals surface area contributed by atoms with Crippen molar-refractivity contribution in [1.29, 1.82) is 0 Å². The number of nitrogens with zero attached hydrogens (tertiary/aromatic N) is 1. The largest absolute Gasteiger partial charge is 0.397 e.